The van der Waals surface area contributed by atoms with Gasteiger partial charge in [0.1, 0.15) is 24.4 Å². The van der Waals surface area contributed by atoms with Crippen molar-refractivity contribution in [2.45, 2.75) is 30.6 Å². The van der Waals surface area contributed by atoms with Crippen molar-refractivity contribution >= 4 is 22.5 Å². The van der Waals surface area contributed by atoms with E-state index < -0.39 is 42.8 Å². The molecule has 4 rings (SSSR count). The quantitative estimate of drug-likeness (QED) is 0.389. The van der Waals surface area contributed by atoms with E-state index in [1.165, 1.54) is 0 Å². The van der Waals surface area contributed by atoms with Gasteiger partial charge >= 0.3 is 0 Å². The molecule has 0 bridgehead atoms. The van der Waals surface area contributed by atoms with Gasteiger partial charge in [0, 0.05) is 5.56 Å². The Morgan fingerprint density at radius 3 is 2.47 bits per heavy atom. The number of nitrogens with zero attached hydrogens (tertiary/aromatic N) is 2. The lowest BCUT2D eigenvalue weighted by Gasteiger charge is -2.40. The van der Waals surface area contributed by atoms with Crippen molar-refractivity contribution < 1.29 is 25.2 Å². The highest BCUT2D eigenvalue weighted by molar-refractivity contribution is 6.33. The fourth-order valence-electron chi connectivity index (χ4n) is 3.41. The van der Waals surface area contributed by atoms with Gasteiger partial charge in [0.15, 0.2) is 12.1 Å². The van der Waals surface area contributed by atoms with Gasteiger partial charge in [0.05, 0.1) is 22.5 Å². The molecule has 2 heterocycles. The summed E-state index contributed by atoms with van der Waals surface area (Å²) in [5, 5.41) is 40.5. The van der Waals surface area contributed by atoms with E-state index >= 15 is 0 Å². The zero-order valence-electron chi connectivity index (χ0n) is 15.6. The summed E-state index contributed by atoms with van der Waals surface area (Å²) in [7, 11) is 0. The lowest BCUT2D eigenvalue weighted by Crippen LogP contribution is -2.62. The molecule has 9 nitrogen and oxygen atoms in total. The normalized spacial score (nSPS) is 26.6. The molecule has 0 amide bonds. The molecule has 30 heavy (non-hydrogen) atoms. The lowest BCUT2D eigenvalue weighted by molar-refractivity contribution is -0.224. The van der Waals surface area contributed by atoms with Crippen LogP contribution in [0.25, 0.3) is 22.3 Å². The second kappa shape index (κ2) is 8.31. The summed E-state index contributed by atoms with van der Waals surface area (Å²) < 4.78 is 6.56. The predicted octanol–water partition coefficient (Wildman–Crippen LogP) is 0.0603. The first-order valence-corrected chi connectivity index (χ1v) is 9.64. The average molecular weight is 434 g/mol. The molecular weight excluding hydrogens is 414 g/mol. The van der Waals surface area contributed by atoms with Crippen LogP contribution in [0.4, 0.5) is 0 Å². The van der Waals surface area contributed by atoms with Gasteiger partial charge in [-0.1, -0.05) is 35.9 Å². The molecule has 3 aromatic rings. The first-order chi connectivity index (χ1) is 14.4. The Balaban J connectivity index is 1.85. The van der Waals surface area contributed by atoms with E-state index in [9.17, 15) is 25.2 Å². The Morgan fingerprint density at radius 2 is 1.73 bits per heavy atom. The molecule has 5 N–H and O–H groups in total. The number of hydrogen-bond donors (Lipinski definition) is 5. The van der Waals surface area contributed by atoms with Crippen LogP contribution in [0.2, 0.25) is 5.02 Å². The number of fused-ring (bicyclic) bond motifs is 1. The average Bonchev–Trinajstić information content (AvgIpc) is 2.76. The molecule has 1 aliphatic heterocycles. The molecule has 158 valence electrons. The zero-order valence-corrected chi connectivity index (χ0v) is 16.3. The van der Waals surface area contributed by atoms with Crippen molar-refractivity contribution in [2.75, 3.05) is 12.0 Å². The summed E-state index contributed by atoms with van der Waals surface area (Å²) in [4.78, 5) is 17.8. The second-order valence-corrected chi connectivity index (χ2v) is 7.36. The van der Waals surface area contributed by atoms with E-state index in [4.69, 9.17) is 16.3 Å². The smallest absolute Gasteiger partial charge is 0.280 e. The van der Waals surface area contributed by atoms with Crippen LogP contribution in [0, 0.1) is 0 Å². The fourth-order valence-corrected chi connectivity index (χ4v) is 3.63. The van der Waals surface area contributed by atoms with E-state index in [1.807, 2.05) is 0 Å². The number of hydrogen-bond acceptors (Lipinski definition) is 8. The van der Waals surface area contributed by atoms with Crippen molar-refractivity contribution in [1.82, 2.24) is 9.66 Å². The van der Waals surface area contributed by atoms with Crippen molar-refractivity contribution in [3.8, 4) is 11.4 Å². The first-order valence-electron chi connectivity index (χ1n) is 9.26. The van der Waals surface area contributed by atoms with Gasteiger partial charge in [0.25, 0.3) is 5.56 Å². The maximum Gasteiger partial charge on any atom is 0.280 e. The van der Waals surface area contributed by atoms with E-state index in [0.717, 1.165) is 4.68 Å². The maximum absolute atomic E-state index is 13.2. The van der Waals surface area contributed by atoms with E-state index in [1.54, 1.807) is 48.5 Å². The fraction of sp³-hybridized carbons (Fsp3) is 0.300. The largest absolute Gasteiger partial charge is 0.394 e. The number of aliphatic hydroxyl groups excluding tert-OH is 4. The van der Waals surface area contributed by atoms with Crippen molar-refractivity contribution in [3.63, 3.8) is 0 Å². The third kappa shape index (κ3) is 3.56. The Morgan fingerprint density at radius 1 is 1.03 bits per heavy atom. The number of halogens is 1. The molecule has 1 saturated heterocycles. The summed E-state index contributed by atoms with van der Waals surface area (Å²) in [6, 6.07) is 13.5. The van der Waals surface area contributed by atoms with Crippen LogP contribution in [0.5, 0.6) is 0 Å². The van der Waals surface area contributed by atoms with Crippen LogP contribution in [-0.2, 0) is 4.74 Å². The predicted molar refractivity (Wildman–Crippen MR) is 110 cm³/mol. The van der Waals surface area contributed by atoms with Crippen molar-refractivity contribution in [2.24, 2.45) is 0 Å². The summed E-state index contributed by atoms with van der Waals surface area (Å²) in [6.07, 6.45) is -7.14. The Kier molecular flexibility index (Phi) is 5.74. The number of benzene rings is 2. The zero-order chi connectivity index (χ0) is 21.4. The molecule has 5 atom stereocenters. The topological polar surface area (TPSA) is 137 Å². The summed E-state index contributed by atoms with van der Waals surface area (Å²) in [6.45, 7) is -0.592. The number of ether oxygens (including phenoxy) is 1. The molecule has 0 spiro atoms. The van der Waals surface area contributed by atoms with E-state index in [2.05, 4.69) is 10.4 Å². The van der Waals surface area contributed by atoms with Crippen LogP contribution in [-0.4, -0.2) is 67.3 Å². The Labute approximate surface area is 175 Å². The third-order valence-electron chi connectivity index (χ3n) is 5.04. The van der Waals surface area contributed by atoms with Crippen LogP contribution < -0.4 is 11.0 Å². The van der Waals surface area contributed by atoms with Gasteiger partial charge < -0.3 is 25.2 Å². The number of rotatable bonds is 4. The second-order valence-electron chi connectivity index (χ2n) is 6.95. The molecule has 1 aliphatic rings. The van der Waals surface area contributed by atoms with Crippen LogP contribution in [0.3, 0.4) is 0 Å². The minimum Gasteiger partial charge on any atom is -0.394 e. The SMILES string of the molecule is O=c1c2ccccc2nc(-c2ccccc2Cl)n1NC1OC(CO)C(O)C(O)C1O. The molecule has 10 heteroatoms. The van der Waals surface area contributed by atoms with Gasteiger partial charge in [-0.2, -0.15) is 0 Å². The molecule has 2 aromatic carbocycles. The lowest BCUT2D eigenvalue weighted by atomic mass is 9.99. The minimum absolute atomic E-state index is 0.168. The van der Waals surface area contributed by atoms with Crippen LogP contribution in [0.1, 0.15) is 0 Å². The van der Waals surface area contributed by atoms with Crippen LogP contribution >= 0.6 is 11.6 Å². The van der Waals surface area contributed by atoms with E-state index in [0.29, 0.717) is 21.5 Å². The molecule has 1 aromatic heterocycles. The monoisotopic (exact) mass is 433 g/mol. The molecule has 1 fully saturated rings. The molecule has 0 saturated carbocycles. The Bertz CT molecular complexity index is 1120. The van der Waals surface area contributed by atoms with Gasteiger partial charge in [-0.05, 0) is 24.3 Å². The van der Waals surface area contributed by atoms with Crippen molar-refractivity contribution in [1.29, 1.82) is 0 Å². The van der Waals surface area contributed by atoms with Gasteiger partial charge in [-0.3, -0.25) is 10.2 Å². The molecular formula is C20H20ClN3O6. The molecule has 0 aliphatic carbocycles. The number of nitrogens with one attached hydrogen (secondary N) is 1. The first kappa shape index (κ1) is 20.7. The molecule has 5 unspecified atom stereocenters. The van der Waals surface area contributed by atoms with E-state index in [-0.39, 0.29) is 5.82 Å². The summed E-state index contributed by atoms with van der Waals surface area (Å²) in [5.74, 6) is 0.168. The number of para-hydroxylation sites is 1. The highest BCUT2D eigenvalue weighted by Gasteiger charge is 2.44. The van der Waals surface area contributed by atoms with Gasteiger partial charge in [-0.25, -0.2) is 9.66 Å². The number of aromatic nitrogens is 2. The molecule has 0 radical (unpaired) electrons. The summed E-state index contributed by atoms with van der Waals surface area (Å²) >= 11 is 6.32. The van der Waals surface area contributed by atoms with Crippen molar-refractivity contribution in [3.05, 3.63) is 63.9 Å². The third-order valence-corrected chi connectivity index (χ3v) is 5.37. The maximum atomic E-state index is 13.2. The number of aliphatic hydroxyl groups is 4. The highest BCUT2D eigenvalue weighted by Crippen LogP contribution is 2.27. The summed E-state index contributed by atoms with van der Waals surface area (Å²) in [5.41, 5.74) is 3.16. The standard InChI is InChI=1S/C20H20ClN3O6/c21-12-7-3-1-5-10(12)18-22-13-8-4-2-6-11(13)20(29)24(18)23-19-17(28)16(27)15(26)14(9-25)30-19/h1-8,14-17,19,23,25-28H,9H2. The Hall–Kier alpha value is -2.53. The van der Waals surface area contributed by atoms with Gasteiger partial charge in [0.2, 0.25) is 0 Å². The highest BCUT2D eigenvalue weighted by atomic mass is 35.5. The minimum atomic E-state index is -1.60. The van der Waals surface area contributed by atoms with Gasteiger partial charge in [-0.15, -0.1) is 0 Å². The van der Waals surface area contributed by atoms with Crippen LogP contribution in [0.15, 0.2) is 53.3 Å².